The molecule has 2 unspecified atom stereocenters. The van der Waals surface area contributed by atoms with Crippen molar-refractivity contribution < 1.29 is 4.79 Å². The summed E-state index contributed by atoms with van der Waals surface area (Å²) in [5, 5.41) is 6.37. The highest BCUT2D eigenvalue weighted by molar-refractivity contribution is 9.10. The summed E-state index contributed by atoms with van der Waals surface area (Å²) in [6.07, 6.45) is 2.26. The summed E-state index contributed by atoms with van der Waals surface area (Å²) in [6.45, 7) is 6.59. The van der Waals surface area contributed by atoms with Gasteiger partial charge >= 0.3 is 0 Å². The molecule has 19 heavy (non-hydrogen) atoms. The van der Waals surface area contributed by atoms with Gasteiger partial charge in [-0.1, -0.05) is 35.8 Å². The molecule has 0 saturated heterocycles. The third-order valence-corrected chi connectivity index (χ3v) is 4.18. The average Bonchev–Trinajstić information content (AvgIpc) is 2.65. The van der Waals surface area contributed by atoms with Crippen LogP contribution < -0.4 is 10.6 Å². The maximum atomic E-state index is 12.1. The third kappa shape index (κ3) is 3.37. The van der Waals surface area contributed by atoms with Gasteiger partial charge < -0.3 is 5.32 Å². The van der Waals surface area contributed by atoms with E-state index in [1.54, 1.807) is 0 Å². The van der Waals surface area contributed by atoms with Crippen molar-refractivity contribution in [3.05, 3.63) is 28.2 Å². The van der Waals surface area contributed by atoms with Crippen LogP contribution in [0.1, 0.15) is 45.2 Å². The van der Waals surface area contributed by atoms with Gasteiger partial charge in [-0.15, -0.1) is 0 Å². The fourth-order valence-corrected chi connectivity index (χ4v) is 2.98. The maximum absolute atomic E-state index is 12.1. The number of anilines is 1. The van der Waals surface area contributed by atoms with Gasteiger partial charge in [-0.25, -0.2) is 0 Å². The number of carbonyl (C=O) groups excluding carboxylic acids is 1. The summed E-state index contributed by atoms with van der Waals surface area (Å²) < 4.78 is 0.983. The monoisotopic (exact) mass is 324 g/mol. The Kier molecular flexibility index (Phi) is 4.63. The number of halogens is 1. The van der Waals surface area contributed by atoms with E-state index in [0.29, 0.717) is 12.0 Å². The molecule has 1 aromatic carbocycles. The Bertz CT molecular complexity index is 473. The predicted molar refractivity (Wildman–Crippen MR) is 82.2 cm³/mol. The van der Waals surface area contributed by atoms with E-state index in [0.717, 1.165) is 22.1 Å². The lowest BCUT2D eigenvalue weighted by Gasteiger charge is -2.20. The number of carbonyl (C=O) groups is 1. The molecule has 2 atom stereocenters. The van der Waals surface area contributed by atoms with Gasteiger partial charge in [-0.3, -0.25) is 10.1 Å². The summed E-state index contributed by atoms with van der Waals surface area (Å²) in [6, 6.07) is 5.95. The molecule has 0 saturated carbocycles. The van der Waals surface area contributed by atoms with Crippen molar-refractivity contribution >= 4 is 27.5 Å². The molecule has 0 aliphatic carbocycles. The molecule has 2 N–H and O–H groups in total. The SMILES string of the molecule is CC(C)CCC(C)NC1C(=O)Nc2cccc(Br)c21. The molecule has 0 bridgehead atoms. The number of benzene rings is 1. The van der Waals surface area contributed by atoms with E-state index in [4.69, 9.17) is 0 Å². The summed E-state index contributed by atoms with van der Waals surface area (Å²) in [4.78, 5) is 12.1. The summed E-state index contributed by atoms with van der Waals surface area (Å²) in [7, 11) is 0. The van der Waals surface area contributed by atoms with E-state index in [1.165, 1.54) is 6.42 Å². The lowest BCUT2D eigenvalue weighted by atomic mass is 10.0. The quantitative estimate of drug-likeness (QED) is 0.863. The van der Waals surface area contributed by atoms with Crippen LogP contribution in [0.5, 0.6) is 0 Å². The highest BCUT2D eigenvalue weighted by Crippen LogP contribution is 2.36. The first kappa shape index (κ1) is 14.5. The molecule has 1 aliphatic rings. The Labute approximate surface area is 123 Å². The van der Waals surface area contributed by atoms with Crippen LogP contribution in [0.2, 0.25) is 0 Å². The third-order valence-electron chi connectivity index (χ3n) is 3.49. The molecule has 2 rings (SSSR count). The largest absolute Gasteiger partial charge is 0.324 e. The number of rotatable bonds is 5. The van der Waals surface area contributed by atoms with Gasteiger partial charge in [-0.2, -0.15) is 0 Å². The zero-order chi connectivity index (χ0) is 14.0. The Morgan fingerprint density at radius 1 is 1.32 bits per heavy atom. The first-order valence-electron chi connectivity index (χ1n) is 6.84. The standard InChI is InChI=1S/C15H21BrN2O/c1-9(2)7-8-10(3)17-14-13-11(16)5-4-6-12(13)18-15(14)19/h4-6,9-10,14,17H,7-8H2,1-3H3,(H,18,19). The number of hydrogen-bond donors (Lipinski definition) is 2. The van der Waals surface area contributed by atoms with Crippen LogP contribution in [0, 0.1) is 5.92 Å². The zero-order valence-electron chi connectivity index (χ0n) is 11.7. The summed E-state index contributed by atoms with van der Waals surface area (Å²) in [5.41, 5.74) is 1.94. The van der Waals surface area contributed by atoms with Crippen LogP contribution in [-0.2, 0) is 4.79 Å². The van der Waals surface area contributed by atoms with E-state index in [2.05, 4.69) is 47.3 Å². The molecule has 0 fully saturated rings. The number of nitrogens with one attached hydrogen (secondary N) is 2. The number of hydrogen-bond acceptors (Lipinski definition) is 2. The van der Waals surface area contributed by atoms with Crippen molar-refractivity contribution in [1.82, 2.24) is 5.32 Å². The zero-order valence-corrected chi connectivity index (χ0v) is 13.3. The lowest BCUT2D eigenvalue weighted by Crippen LogP contribution is -2.34. The minimum atomic E-state index is -0.243. The molecule has 3 nitrogen and oxygen atoms in total. The number of fused-ring (bicyclic) bond motifs is 1. The fourth-order valence-electron chi connectivity index (χ4n) is 2.39. The Hall–Kier alpha value is -0.870. The number of amides is 1. The van der Waals surface area contributed by atoms with Gasteiger partial charge in [0.25, 0.3) is 0 Å². The first-order chi connectivity index (χ1) is 8.99. The van der Waals surface area contributed by atoms with Crippen LogP contribution in [0.4, 0.5) is 5.69 Å². The molecular weight excluding hydrogens is 304 g/mol. The van der Waals surface area contributed by atoms with Crippen LogP contribution >= 0.6 is 15.9 Å². The molecule has 0 aromatic heterocycles. The molecule has 1 heterocycles. The van der Waals surface area contributed by atoms with Crippen molar-refractivity contribution in [1.29, 1.82) is 0 Å². The lowest BCUT2D eigenvalue weighted by molar-refractivity contribution is -0.117. The van der Waals surface area contributed by atoms with Crippen molar-refractivity contribution in [3.8, 4) is 0 Å². The minimum absolute atomic E-state index is 0.0401. The van der Waals surface area contributed by atoms with Gasteiger partial charge in [0, 0.05) is 21.8 Å². The van der Waals surface area contributed by atoms with Crippen LogP contribution in [0.15, 0.2) is 22.7 Å². The van der Waals surface area contributed by atoms with Crippen molar-refractivity contribution in [2.45, 2.75) is 45.7 Å². The van der Waals surface area contributed by atoms with Crippen molar-refractivity contribution in [2.75, 3.05) is 5.32 Å². The Balaban J connectivity index is 2.08. The van der Waals surface area contributed by atoms with E-state index >= 15 is 0 Å². The molecule has 4 heteroatoms. The smallest absolute Gasteiger partial charge is 0.246 e. The molecule has 0 spiro atoms. The van der Waals surface area contributed by atoms with Gasteiger partial charge in [0.1, 0.15) is 6.04 Å². The van der Waals surface area contributed by atoms with Crippen LogP contribution in [0.3, 0.4) is 0 Å². The Morgan fingerprint density at radius 2 is 2.05 bits per heavy atom. The van der Waals surface area contributed by atoms with Gasteiger partial charge in [0.15, 0.2) is 0 Å². The molecule has 1 aromatic rings. The van der Waals surface area contributed by atoms with E-state index < -0.39 is 0 Å². The van der Waals surface area contributed by atoms with E-state index in [-0.39, 0.29) is 11.9 Å². The van der Waals surface area contributed by atoms with Crippen LogP contribution in [0.25, 0.3) is 0 Å². The van der Waals surface area contributed by atoms with Gasteiger partial charge in [0.05, 0.1) is 0 Å². The fraction of sp³-hybridized carbons (Fsp3) is 0.533. The second-order valence-electron chi connectivity index (χ2n) is 5.66. The van der Waals surface area contributed by atoms with E-state index in [1.807, 2.05) is 18.2 Å². The second kappa shape index (κ2) is 6.06. The molecular formula is C15H21BrN2O. The van der Waals surface area contributed by atoms with Gasteiger partial charge in [-0.05, 0) is 37.8 Å². The highest BCUT2D eigenvalue weighted by Gasteiger charge is 2.32. The highest BCUT2D eigenvalue weighted by atomic mass is 79.9. The van der Waals surface area contributed by atoms with Crippen molar-refractivity contribution in [3.63, 3.8) is 0 Å². The molecule has 0 radical (unpaired) electrons. The predicted octanol–water partition coefficient (Wildman–Crippen LogP) is 3.86. The van der Waals surface area contributed by atoms with Crippen molar-refractivity contribution in [2.24, 2.45) is 5.92 Å². The van der Waals surface area contributed by atoms with Crippen LogP contribution in [-0.4, -0.2) is 11.9 Å². The molecule has 1 aliphatic heterocycles. The topological polar surface area (TPSA) is 41.1 Å². The molecule has 104 valence electrons. The minimum Gasteiger partial charge on any atom is -0.324 e. The second-order valence-corrected chi connectivity index (χ2v) is 6.52. The molecule has 1 amide bonds. The summed E-state index contributed by atoms with van der Waals surface area (Å²) >= 11 is 3.54. The summed E-state index contributed by atoms with van der Waals surface area (Å²) in [5.74, 6) is 0.735. The maximum Gasteiger partial charge on any atom is 0.246 e. The normalized spacial score (nSPS) is 19.4. The average molecular weight is 325 g/mol. The van der Waals surface area contributed by atoms with E-state index in [9.17, 15) is 4.79 Å². The first-order valence-corrected chi connectivity index (χ1v) is 7.63. The van der Waals surface area contributed by atoms with Gasteiger partial charge in [0.2, 0.25) is 5.91 Å². The Morgan fingerprint density at radius 3 is 2.74 bits per heavy atom.